The van der Waals surface area contributed by atoms with Crippen LogP contribution in [0.25, 0.3) is 10.9 Å². The monoisotopic (exact) mass is 341 g/mol. The second kappa shape index (κ2) is 5.19. The van der Waals surface area contributed by atoms with Crippen LogP contribution >= 0.6 is 15.9 Å². The molecule has 1 fully saturated rings. The second-order valence-corrected chi connectivity index (χ2v) is 6.56. The molecule has 4 heteroatoms. The molecule has 3 aromatic rings. The minimum Gasteiger partial charge on any atom is -0.382 e. The molecule has 0 aliphatic heterocycles. The zero-order valence-corrected chi connectivity index (χ0v) is 13.1. The zero-order valence-electron chi connectivity index (χ0n) is 11.5. The molecule has 1 aliphatic rings. The molecule has 2 aromatic carbocycles. The number of nitrogens with one attached hydrogen (secondary N) is 2. The van der Waals surface area contributed by atoms with Crippen LogP contribution in [0.2, 0.25) is 0 Å². The van der Waals surface area contributed by atoms with Gasteiger partial charge in [-0.2, -0.15) is 5.10 Å². The van der Waals surface area contributed by atoms with E-state index in [1.807, 2.05) is 6.20 Å². The molecule has 1 aromatic heterocycles. The summed E-state index contributed by atoms with van der Waals surface area (Å²) < 4.78 is 1.23. The molecule has 21 heavy (non-hydrogen) atoms. The number of hydrogen-bond donors (Lipinski definition) is 2. The van der Waals surface area contributed by atoms with E-state index in [0.29, 0.717) is 12.0 Å². The molecule has 1 aliphatic carbocycles. The Labute approximate surface area is 131 Å². The SMILES string of the molecule is Brc1ccccc1C1CC(Nc2ccc3[nH]ncc3c2)C1. The smallest absolute Gasteiger partial charge is 0.0651 e. The Hall–Kier alpha value is -1.81. The summed E-state index contributed by atoms with van der Waals surface area (Å²) in [4.78, 5) is 0. The fourth-order valence-corrected chi connectivity index (χ4v) is 3.67. The molecule has 0 atom stereocenters. The molecular weight excluding hydrogens is 326 g/mol. The van der Waals surface area contributed by atoms with Gasteiger partial charge in [-0.1, -0.05) is 34.1 Å². The third-order valence-corrected chi connectivity index (χ3v) is 5.02. The van der Waals surface area contributed by atoms with Gasteiger partial charge in [0.2, 0.25) is 0 Å². The highest BCUT2D eigenvalue weighted by Crippen LogP contribution is 2.41. The van der Waals surface area contributed by atoms with Crippen LogP contribution in [0, 0.1) is 0 Å². The molecule has 0 spiro atoms. The van der Waals surface area contributed by atoms with E-state index in [1.165, 1.54) is 28.6 Å². The lowest BCUT2D eigenvalue weighted by atomic mass is 9.76. The Kier molecular flexibility index (Phi) is 3.19. The van der Waals surface area contributed by atoms with Gasteiger partial charge in [0, 0.05) is 21.6 Å². The normalized spacial score (nSPS) is 21.2. The average Bonchev–Trinajstić information content (AvgIpc) is 2.91. The zero-order chi connectivity index (χ0) is 14.2. The summed E-state index contributed by atoms with van der Waals surface area (Å²) in [5.41, 5.74) is 3.69. The first-order chi connectivity index (χ1) is 10.3. The summed E-state index contributed by atoms with van der Waals surface area (Å²) in [6.45, 7) is 0. The molecule has 1 heterocycles. The van der Waals surface area contributed by atoms with Crippen molar-refractivity contribution < 1.29 is 0 Å². The van der Waals surface area contributed by atoms with E-state index < -0.39 is 0 Å². The maximum absolute atomic E-state index is 4.06. The molecule has 0 saturated heterocycles. The summed E-state index contributed by atoms with van der Waals surface area (Å²) in [6, 6.07) is 15.5. The second-order valence-electron chi connectivity index (χ2n) is 5.70. The number of halogens is 1. The summed E-state index contributed by atoms with van der Waals surface area (Å²) in [6.07, 6.45) is 4.24. The van der Waals surface area contributed by atoms with Crippen molar-refractivity contribution in [1.82, 2.24) is 10.2 Å². The first kappa shape index (κ1) is 12.9. The van der Waals surface area contributed by atoms with Crippen LogP contribution < -0.4 is 5.32 Å². The molecular formula is C17H16BrN3. The Balaban J connectivity index is 1.43. The maximum Gasteiger partial charge on any atom is 0.0651 e. The van der Waals surface area contributed by atoms with Gasteiger partial charge in [0.15, 0.2) is 0 Å². The fraction of sp³-hybridized carbons (Fsp3) is 0.235. The molecule has 0 amide bonds. The van der Waals surface area contributed by atoms with Gasteiger partial charge in [-0.3, -0.25) is 5.10 Å². The van der Waals surface area contributed by atoms with Crippen LogP contribution in [0.4, 0.5) is 5.69 Å². The van der Waals surface area contributed by atoms with Crippen molar-refractivity contribution in [2.75, 3.05) is 5.32 Å². The van der Waals surface area contributed by atoms with Gasteiger partial charge in [-0.25, -0.2) is 0 Å². The highest BCUT2D eigenvalue weighted by atomic mass is 79.9. The highest BCUT2D eigenvalue weighted by molar-refractivity contribution is 9.10. The number of H-pyrrole nitrogens is 1. The summed E-state index contributed by atoms with van der Waals surface area (Å²) in [7, 11) is 0. The molecule has 2 N–H and O–H groups in total. The lowest BCUT2D eigenvalue weighted by Crippen LogP contribution is -2.34. The van der Waals surface area contributed by atoms with Crippen LogP contribution in [-0.4, -0.2) is 16.2 Å². The third-order valence-electron chi connectivity index (χ3n) is 4.29. The largest absolute Gasteiger partial charge is 0.382 e. The Morgan fingerprint density at radius 3 is 2.86 bits per heavy atom. The van der Waals surface area contributed by atoms with Crippen molar-refractivity contribution in [3.05, 3.63) is 58.7 Å². The van der Waals surface area contributed by atoms with Gasteiger partial charge < -0.3 is 5.32 Å². The molecule has 3 nitrogen and oxygen atoms in total. The van der Waals surface area contributed by atoms with Crippen molar-refractivity contribution in [2.24, 2.45) is 0 Å². The Morgan fingerprint density at radius 2 is 2.00 bits per heavy atom. The number of hydrogen-bond acceptors (Lipinski definition) is 2. The number of nitrogens with zero attached hydrogens (tertiary/aromatic N) is 1. The predicted octanol–water partition coefficient (Wildman–Crippen LogP) is 4.68. The van der Waals surface area contributed by atoms with Gasteiger partial charge >= 0.3 is 0 Å². The summed E-state index contributed by atoms with van der Waals surface area (Å²) in [5.74, 6) is 0.663. The fourth-order valence-electron chi connectivity index (χ4n) is 3.06. The predicted molar refractivity (Wildman–Crippen MR) is 89.6 cm³/mol. The van der Waals surface area contributed by atoms with E-state index in [0.717, 1.165) is 10.9 Å². The lowest BCUT2D eigenvalue weighted by Gasteiger charge is -2.37. The standard InChI is InChI=1S/C17H16BrN3/c18-16-4-2-1-3-15(16)11-7-14(8-11)20-13-5-6-17-12(9-13)10-19-21-17/h1-6,9-11,14,20H,7-8H2,(H,19,21). The van der Waals surface area contributed by atoms with Gasteiger partial charge in [0.05, 0.1) is 11.7 Å². The molecule has 0 radical (unpaired) electrons. The highest BCUT2D eigenvalue weighted by Gasteiger charge is 2.31. The van der Waals surface area contributed by atoms with Crippen molar-refractivity contribution in [3.8, 4) is 0 Å². The Bertz CT molecular complexity index is 774. The molecule has 4 rings (SSSR count). The van der Waals surface area contributed by atoms with Gasteiger partial charge in [-0.15, -0.1) is 0 Å². The van der Waals surface area contributed by atoms with E-state index in [4.69, 9.17) is 0 Å². The number of aromatic amines is 1. The van der Waals surface area contributed by atoms with E-state index in [2.05, 4.69) is 73.9 Å². The van der Waals surface area contributed by atoms with E-state index in [-0.39, 0.29) is 0 Å². The first-order valence-corrected chi connectivity index (χ1v) is 8.03. The number of aromatic nitrogens is 2. The quantitative estimate of drug-likeness (QED) is 0.725. The van der Waals surface area contributed by atoms with Gasteiger partial charge in [0.25, 0.3) is 0 Å². The number of benzene rings is 2. The summed E-state index contributed by atoms with van der Waals surface area (Å²) >= 11 is 3.65. The first-order valence-electron chi connectivity index (χ1n) is 7.24. The maximum atomic E-state index is 4.06. The van der Waals surface area contributed by atoms with Crippen molar-refractivity contribution in [3.63, 3.8) is 0 Å². The molecule has 0 unspecified atom stereocenters. The van der Waals surface area contributed by atoms with E-state index >= 15 is 0 Å². The molecule has 1 saturated carbocycles. The van der Waals surface area contributed by atoms with Gasteiger partial charge in [0.1, 0.15) is 0 Å². The van der Waals surface area contributed by atoms with Crippen LogP contribution in [0.3, 0.4) is 0 Å². The minimum absolute atomic E-state index is 0.562. The van der Waals surface area contributed by atoms with Crippen molar-refractivity contribution >= 4 is 32.5 Å². The third kappa shape index (κ3) is 2.44. The number of fused-ring (bicyclic) bond motifs is 1. The number of rotatable bonds is 3. The minimum atomic E-state index is 0.562. The van der Waals surface area contributed by atoms with Crippen molar-refractivity contribution in [2.45, 2.75) is 24.8 Å². The van der Waals surface area contributed by atoms with Gasteiger partial charge in [-0.05, 0) is 48.6 Å². The molecule has 0 bridgehead atoms. The Morgan fingerprint density at radius 1 is 1.14 bits per heavy atom. The molecule has 106 valence electrons. The topological polar surface area (TPSA) is 40.7 Å². The lowest BCUT2D eigenvalue weighted by molar-refractivity contribution is 0.373. The van der Waals surface area contributed by atoms with E-state index in [9.17, 15) is 0 Å². The van der Waals surface area contributed by atoms with Crippen LogP contribution in [0.5, 0.6) is 0 Å². The number of anilines is 1. The van der Waals surface area contributed by atoms with Crippen molar-refractivity contribution in [1.29, 1.82) is 0 Å². The average molecular weight is 342 g/mol. The summed E-state index contributed by atoms with van der Waals surface area (Å²) in [5, 5.41) is 11.8. The van der Waals surface area contributed by atoms with Crippen LogP contribution in [-0.2, 0) is 0 Å². The van der Waals surface area contributed by atoms with E-state index in [1.54, 1.807) is 0 Å². The van der Waals surface area contributed by atoms with Crippen LogP contribution in [0.15, 0.2) is 53.1 Å². The van der Waals surface area contributed by atoms with Crippen LogP contribution in [0.1, 0.15) is 24.3 Å².